The van der Waals surface area contributed by atoms with Crippen LogP contribution in [0.25, 0.3) is 11.4 Å². The highest BCUT2D eigenvalue weighted by molar-refractivity contribution is 7.90. The Kier molecular flexibility index (Phi) is 5.16. The van der Waals surface area contributed by atoms with Gasteiger partial charge in [0.05, 0.1) is 17.0 Å². The quantitative estimate of drug-likeness (QED) is 0.681. The standard InChI is InChI=1S/C18H16F3N3O3S/c1-11-3-8-14(28(2,25)26)9-15(11)22-10-16-23-17(24-27-16)12-4-6-13(7-5-12)18(19,20)21/h3-9,22H,10H2,1-2H3. The Morgan fingerprint density at radius 3 is 2.39 bits per heavy atom. The lowest BCUT2D eigenvalue weighted by atomic mass is 10.1. The monoisotopic (exact) mass is 411 g/mol. The maximum absolute atomic E-state index is 12.6. The molecule has 2 aromatic carbocycles. The Morgan fingerprint density at radius 1 is 1.11 bits per heavy atom. The summed E-state index contributed by atoms with van der Waals surface area (Å²) in [6.07, 6.45) is -3.29. The summed E-state index contributed by atoms with van der Waals surface area (Å²) in [4.78, 5) is 4.33. The van der Waals surface area contributed by atoms with Gasteiger partial charge in [-0.2, -0.15) is 18.2 Å². The molecule has 1 aromatic heterocycles. The fourth-order valence-corrected chi connectivity index (χ4v) is 3.09. The van der Waals surface area contributed by atoms with Crippen molar-refractivity contribution in [1.29, 1.82) is 0 Å². The minimum Gasteiger partial charge on any atom is -0.376 e. The van der Waals surface area contributed by atoms with Crippen LogP contribution >= 0.6 is 0 Å². The molecule has 0 aliphatic heterocycles. The molecule has 6 nitrogen and oxygen atoms in total. The van der Waals surface area contributed by atoms with Gasteiger partial charge in [-0.3, -0.25) is 0 Å². The van der Waals surface area contributed by atoms with Crippen LogP contribution in [0.1, 0.15) is 17.0 Å². The number of halogens is 3. The lowest BCUT2D eigenvalue weighted by molar-refractivity contribution is -0.137. The molecule has 3 aromatic rings. The normalized spacial score (nSPS) is 12.2. The molecule has 0 aliphatic rings. The molecule has 1 N–H and O–H groups in total. The molecule has 3 rings (SSSR count). The van der Waals surface area contributed by atoms with Gasteiger partial charge in [0.2, 0.25) is 11.7 Å². The van der Waals surface area contributed by atoms with E-state index in [4.69, 9.17) is 4.52 Å². The van der Waals surface area contributed by atoms with Crippen LogP contribution < -0.4 is 5.32 Å². The number of nitrogens with zero attached hydrogens (tertiary/aromatic N) is 2. The number of aromatic nitrogens is 2. The van der Waals surface area contributed by atoms with Crippen molar-refractivity contribution in [3.8, 4) is 11.4 Å². The molecule has 0 amide bonds. The Balaban J connectivity index is 1.74. The minimum atomic E-state index is -4.41. The van der Waals surface area contributed by atoms with Crippen LogP contribution in [0.4, 0.5) is 18.9 Å². The lowest BCUT2D eigenvalue weighted by Gasteiger charge is -2.09. The van der Waals surface area contributed by atoms with Gasteiger partial charge in [0.15, 0.2) is 9.84 Å². The van der Waals surface area contributed by atoms with Gasteiger partial charge in [-0.25, -0.2) is 8.42 Å². The number of hydrogen-bond donors (Lipinski definition) is 1. The molecule has 148 valence electrons. The third kappa shape index (κ3) is 4.50. The molecule has 10 heteroatoms. The van der Waals surface area contributed by atoms with Crippen molar-refractivity contribution < 1.29 is 26.1 Å². The van der Waals surface area contributed by atoms with Crippen molar-refractivity contribution in [3.05, 3.63) is 59.5 Å². The van der Waals surface area contributed by atoms with Gasteiger partial charge in [-0.05, 0) is 36.8 Å². The van der Waals surface area contributed by atoms with E-state index < -0.39 is 21.6 Å². The number of sulfone groups is 1. The summed E-state index contributed by atoms with van der Waals surface area (Å²) in [7, 11) is -3.34. The fourth-order valence-electron chi connectivity index (χ4n) is 2.45. The average molecular weight is 411 g/mol. The van der Waals surface area contributed by atoms with Gasteiger partial charge < -0.3 is 9.84 Å². The van der Waals surface area contributed by atoms with Crippen LogP contribution in [0.2, 0.25) is 0 Å². The van der Waals surface area contributed by atoms with Gasteiger partial charge in [-0.1, -0.05) is 23.4 Å². The lowest BCUT2D eigenvalue weighted by Crippen LogP contribution is -2.04. The van der Waals surface area contributed by atoms with E-state index in [0.717, 1.165) is 24.0 Å². The average Bonchev–Trinajstić information content (AvgIpc) is 3.08. The molecule has 0 radical (unpaired) electrons. The van der Waals surface area contributed by atoms with E-state index in [1.54, 1.807) is 6.07 Å². The molecule has 0 unspecified atom stereocenters. The van der Waals surface area contributed by atoms with Crippen LogP contribution in [0.3, 0.4) is 0 Å². The molecule has 0 aliphatic carbocycles. The number of benzene rings is 2. The van der Waals surface area contributed by atoms with E-state index in [1.165, 1.54) is 24.3 Å². The molecule has 1 heterocycles. The minimum absolute atomic E-state index is 0.127. The van der Waals surface area contributed by atoms with Gasteiger partial charge in [0.1, 0.15) is 0 Å². The second-order valence-corrected chi connectivity index (χ2v) is 8.21. The highest BCUT2D eigenvalue weighted by Crippen LogP contribution is 2.30. The summed E-state index contributed by atoms with van der Waals surface area (Å²) in [5.41, 5.74) is 1.05. The van der Waals surface area contributed by atoms with E-state index in [1.807, 2.05) is 6.92 Å². The summed E-state index contributed by atoms with van der Waals surface area (Å²) in [5.74, 6) is 0.367. The molecule has 0 spiro atoms. The molecule has 0 fully saturated rings. The van der Waals surface area contributed by atoms with Crippen LogP contribution in [-0.4, -0.2) is 24.8 Å². The van der Waals surface area contributed by atoms with Crippen LogP contribution in [-0.2, 0) is 22.6 Å². The van der Waals surface area contributed by atoms with Crippen molar-refractivity contribution in [1.82, 2.24) is 10.1 Å². The first kappa shape index (κ1) is 19.9. The van der Waals surface area contributed by atoms with Gasteiger partial charge in [0.25, 0.3) is 0 Å². The highest BCUT2D eigenvalue weighted by atomic mass is 32.2. The SMILES string of the molecule is Cc1ccc(S(C)(=O)=O)cc1NCc1nc(-c2ccc(C(F)(F)F)cc2)no1. The summed E-state index contributed by atoms with van der Waals surface area (Å²) < 4.78 is 66.3. The largest absolute Gasteiger partial charge is 0.416 e. The van der Waals surface area contributed by atoms with Gasteiger partial charge in [0, 0.05) is 17.5 Å². The van der Waals surface area contributed by atoms with Crippen molar-refractivity contribution in [2.45, 2.75) is 24.5 Å². The topological polar surface area (TPSA) is 85.1 Å². The molecular formula is C18H16F3N3O3S. The van der Waals surface area contributed by atoms with Crippen LogP contribution in [0.15, 0.2) is 51.9 Å². The van der Waals surface area contributed by atoms with Crippen LogP contribution in [0.5, 0.6) is 0 Å². The van der Waals surface area contributed by atoms with E-state index >= 15 is 0 Å². The van der Waals surface area contributed by atoms with E-state index in [2.05, 4.69) is 15.5 Å². The second-order valence-electron chi connectivity index (χ2n) is 6.19. The van der Waals surface area contributed by atoms with E-state index in [9.17, 15) is 21.6 Å². The number of hydrogen-bond acceptors (Lipinski definition) is 6. The van der Waals surface area contributed by atoms with E-state index in [-0.39, 0.29) is 23.2 Å². The maximum Gasteiger partial charge on any atom is 0.416 e. The Labute approximate surface area is 159 Å². The third-order valence-electron chi connectivity index (χ3n) is 4.01. The molecule has 28 heavy (non-hydrogen) atoms. The molecule has 0 bridgehead atoms. The molecule has 0 saturated heterocycles. The summed E-state index contributed by atoms with van der Waals surface area (Å²) in [6, 6.07) is 9.14. The molecular weight excluding hydrogens is 395 g/mol. The molecule has 0 saturated carbocycles. The van der Waals surface area contributed by atoms with Crippen molar-refractivity contribution in [2.75, 3.05) is 11.6 Å². The first-order valence-corrected chi connectivity index (χ1v) is 9.98. The Morgan fingerprint density at radius 2 is 1.79 bits per heavy atom. The fraction of sp³-hybridized carbons (Fsp3) is 0.222. The van der Waals surface area contributed by atoms with Crippen molar-refractivity contribution in [3.63, 3.8) is 0 Å². The number of aryl methyl sites for hydroxylation is 1. The second kappa shape index (κ2) is 7.27. The van der Waals surface area contributed by atoms with E-state index in [0.29, 0.717) is 11.3 Å². The summed E-state index contributed by atoms with van der Waals surface area (Å²) in [5, 5.41) is 6.79. The summed E-state index contributed by atoms with van der Waals surface area (Å²) >= 11 is 0. The number of anilines is 1. The third-order valence-corrected chi connectivity index (χ3v) is 5.12. The smallest absolute Gasteiger partial charge is 0.376 e. The number of alkyl halides is 3. The maximum atomic E-state index is 12.6. The predicted octanol–water partition coefficient (Wildman–Crippen LogP) is 4.08. The Bertz CT molecular complexity index is 1090. The number of rotatable bonds is 5. The zero-order valence-corrected chi connectivity index (χ0v) is 15.7. The zero-order chi connectivity index (χ0) is 20.5. The van der Waals surface area contributed by atoms with Gasteiger partial charge >= 0.3 is 6.18 Å². The first-order chi connectivity index (χ1) is 13.0. The first-order valence-electron chi connectivity index (χ1n) is 8.09. The van der Waals surface area contributed by atoms with Crippen molar-refractivity contribution >= 4 is 15.5 Å². The van der Waals surface area contributed by atoms with Crippen molar-refractivity contribution in [2.24, 2.45) is 0 Å². The Hall–Kier alpha value is -2.88. The highest BCUT2D eigenvalue weighted by Gasteiger charge is 2.30. The predicted molar refractivity (Wildman–Crippen MR) is 96.4 cm³/mol. The van der Waals surface area contributed by atoms with Gasteiger partial charge in [-0.15, -0.1) is 0 Å². The summed E-state index contributed by atoms with van der Waals surface area (Å²) in [6.45, 7) is 1.94. The zero-order valence-electron chi connectivity index (χ0n) is 14.9. The molecule has 0 atom stereocenters. The van der Waals surface area contributed by atoms with Crippen LogP contribution in [0, 0.1) is 6.92 Å². The number of nitrogens with one attached hydrogen (secondary N) is 1.